The average molecular weight is 248 g/mol. The molecule has 1 N–H and O–H groups in total. The maximum absolute atomic E-state index is 12.0. The number of nitrogens with zero attached hydrogens (tertiary/aromatic N) is 1. The Morgan fingerprint density at radius 1 is 1.56 bits per heavy atom. The van der Waals surface area contributed by atoms with Crippen molar-refractivity contribution in [1.29, 1.82) is 0 Å². The summed E-state index contributed by atoms with van der Waals surface area (Å²) in [6.45, 7) is 4.64. The Bertz CT molecular complexity index is 401. The van der Waals surface area contributed by atoms with Gasteiger partial charge in [-0.1, -0.05) is 0 Å². The van der Waals surface area contributed by atoms with Gasteiger partial charge in [-0.05, 0) is 44.8 Å². The van der Waals surface area contributed by atoms with Gasteiger partial charge in [0.05, 0.1) is 12.8 Å². The third-order valence-electron chi connectivity index (χ3n) is 3.29. The van der Waals surface area contributed by atoms with E-state index in [2.05, 4.69) is 10.3 Å². The highest BCUT2D eigenvalue weighted by molar-refractivity contribution is 5.96. The van der Waals surface area contributed by atoms with Gasteiger partial charge in [-0.2, -0.15) is 0 Å². The molecule has 98 valence electrons. The summed E-state index contributed by atoms with van der Waals surface area (Å²) in [7, 11) is 0. The van der Waals surface area contributed by atoms with Crippen LogP contribution in [0.5, 0.6) is 5.75 Å². The third-order valence-corrected chi connectivity index (χ3v) is 3.29. The molecule has 1 fully saturated rings. The van der Waals surface area contributed by atoms with Crippen molar-refractivity contribution in [2.75, 3.05) is 19.7 Å². The average Bonchev–Trinajstić information content (AvgIpc) is 2.90. The summed E-state index contributed by atoms with van der Waals surface area (Å²) in [5, 5.41) is 3.32. The monoisotopic (exact) mass is 248 g/mol. The van der Waals surface area contributed by atoms with E-state index >= 15 is 0 Å². The number of aromatic nitrogens is 1. The number of hydrogen-bond acceptors (Lipinski definition) is 4. The number of ether oxygens (including phenoxy) is 1. The molecule has 4 nitrogen and oxygen atoms in total. The summed E-state index contributed by atoms with van der Waals surface area (Å²) >= 11 is 0. The molecular formula is C14H20N2O2. The summed E-state index contributed by atoms with van der Waals surface area (Å²) in [5.74, 6) is 1.49. The Balaban J connectivity index is 1.89. The van der Waals surface area contributed by atoms with E-state index in [9.17, 15) is 4.79 Å². The molecular weight excluding hydrogens is 228 g/mol. The van der Waals surface area contributed by atoms with Gasteiger partial charge in [-0.3, -0.25) is 9.78 Å². The van der Waals surface area contributed by atoms with Crippen LogP contribution in [0.1, 0.15) is 36.5 Å². The molecule has 1 aliphatic rings. The second kappa shape index (κ2) is 6.50. The standard InChI is InChI=1S/C14H20N2O2/c1-2-18-13-7-12(9-16-10-13)14(17)4-3-11-5-6-15-8-11/h7,9-11,15H,2-6,8H2,1H3. The molecule has 2 heterocycles. The topological polar surface area (TPSA) is 51.2 Å². The van der Waals surface area contributed by atoms with E-state index < -0.39 is 0 Å². The molecule has 4 heteroatoms. The highest BCUT2D eigenvalue weighted by atomic mass is 16.5. The quantitative estimate of drug-likeness (QED) is 0.783. The van der Waals surface area contributed by atoms with Gasteiger partial charge < -0.3 is 10.1 Å². The number of hydrogen-bond donors (Lipinski definition) is 1. The van der Waals surface area contributed by atoms with E-state index in [0.717, 1.165) is 19.5 Å². The Kier molecular flexibility index (Phi) is 4.70. The minimum absolute atomic E-state index is 0.163. The first-order valence-corrected chi connectivity index (χ1v) is 6.61. The van der Waals surface area contributed by atoms with Crippen LogP contribution < -0.4 is 10.1 Å². The first-order valence-electron chi connectivity index (χ1n) is 6.61. The summed E-state index contributed by atoms with van der Waals surface area (Å²) in [6.07, 6.45) is 6.01. The zero-order valence-electron chi connectivity index (χ0n) is 10.8. The lowest BCUT2D eigenvalue weighted by Gasteiger charge is -2.08. The van der Waals surface area contributed by atoms with Gasteiger partial charge in [-0.15, -0.1) is 0 Å². The van der Waals surface area contributed by atoms with Crippen LogP contribution in [0.25, 0.3) is 0 Å². The summed E-state index contributed by atoms with van der Waals surface area (Å²) in [6, 6.07) is 1.78. The SMILES string of the molecule is CCOc1cncc(C(=O)CCC2CCNC2)c1. The van der Waals surface area contributed by atoms with Gasteiger partial charge in [0, 0.05) is 18.2 Å². The lowest BCUT2D eigenvalue weighted by Crippen LogP contribution is -2.10. The molecule has 1 atom stereocenters. The van der Waals surface area contributed by atoms with E-state index in [1.54, 1.807) is 18.5 Å². The van der Waals surface area contributed by atoms with Crippen molar-refractivity contribution in [3.8, 4) is 5.75 Å². The fourth-order valence-corrected chi connectivity index (χ4v) is 2.26. The molecule has 1 aliphatic heterocycles. The van der Waals surface area contributed by atoms with E-state index in [-0.39, 0.29) is 5.78 Å². The molecule has 1 unspecified atom stereocenters. The highest BCUT2D eigenvalue weighted by Gasteiger charge is 2.16. The fourth-order valence-electron chi connectivity index (χ4n) is 2.26. The van der Waals surface area contributed by atoms with Gasteiger partial charge in [0.2, 0.25) is 0 Å². The van der Waals surface area contributed by atoms with Crippen molar-refractivity contribution in [1.82, 2.24) is 10.3 Å². The molecule has 0 spiro atoms. The van der Waals surface area contributed by atoms with Crippen LogP contribution in [0, 0.1) is 5.92 Å². The number of ketones is 1. The molecule has 1 saturated heterocycles. The molecule has 0 radical (unpaired) electrons. The van der Waals surface area contributed by atoms with Crippen LogP contribution in [-0.4, -0.2) is 30.5 Å². The predicted molar refractivity (Wildman–Crippen MR) is 69.9 cm³/mol. The molecule has 0 bridgehead atoms. The first-order chi connectivity index (χ1) is 8.79. The summed E-state index contributed by atoms with van der Waals surface area (Å²) < 4.78 is 5.35. The zero-order chi connectivity index (χ0) is 12.8. The molecule has 2 rings (SSSR count). The van der Waals surface area contributed by atoms with Gasteiger partial charge in [-0.25, -0.2) is 0 Å². The van der Waals surface area contributed by atoms with Crippen LogP contribution >= 0.6 is 0 Å². The van der Waals surface area contributed by atoms with Crippen molar-refractivity contribution >= 4 is 5.78 Å². The highest BCUT2D eigenvalue weighted by Crippen LogP contribution is 2.18. The minimum Gasteiger partial charge on any atom is -0.492 e. The molecule has 0 saturated carbocycles. The summed E-state index contributed by atoms with van der Waals surface area (Å²) in [5.41, 5.74) is 0.659. The van der Waals surface area contributed by atoms with Gasteiger partial charge >= 0.3 is 0 Å². The third kappa shape index (κ3) is 3.53. The second-order valence-corrected chi connectivity index (χ2v) is 4.66. The van der Waals surface area contributed by atoms with Crippen LogP contribution in [0.2, 0.25) is 0 Å². The van der Waals surface area contributed by atoms with E-state index in [1.807, 2.05) is 6.92 Å². The van der Waals surface area contributed by atoms with Crippen molar-refractivity contribution in [3.05, 3.63) is 24.0 Å². The Morgan fingerprint density at radius 3 is 3.17 bits per heavy atom. The van der Waals surface area contributed by atoms with E-state index in [1.165, 1.54) is 6.42 Å². The number of carbonyl (C=O) groups is 1. The first kappa shape index (κ1) is 13.0. The van der Waals surface area contributed by atoms with Crippen LogP contribution in [0.15, 0.2) is 18.5 Å². The fraction of sp³-hybridized carbons (Fsp3) is 0.571. The van der Waals surface area contributed by atoms with E-state index in [4.69, 9.17) is 4.74 Å². The van der Waals surface area contributed by atoms with Gasteiger partial charge in [0.25, 0.3) is 0 Å². The van der Waals surface area contributed by atoms with Crippen molar-refractivity contribution in [2.45, 2.75) is 26.2 Å². The maximum Gasteiger partial charge on any atom is 0.164 e. The molecule has 0 aliphatic carbocycles. The van der Waals surface area contributed by atoms with Crippen molar-refractivity contribution < 1.29 is 9.53 Å². The van der Waals surface area contributed by atoms with Crippen molar-refractivity contribution in [3.63, 3.8) is 0 Å². The predicted octanol–water partition coefficient (Wildman–Crippen LogP) is 2.05. The molecule has 0 aromatic carbocycles. The number of rotatable bonds is 6. The minimum atomic E-state index is 0.163. The lowest BCUT2D eigenvalue weighted by atomic mass is 9.99. The van der Waals surface area contributed by atoms with Crippen LogP contribution in [-0.2, 0) is 0 Å². The van der Waals surface area contributed by atoms with Crippen LogP contribution in [0.3, 0.4) is 0 Å². The normalized spacial score (nSPS) is 18.8. The number of carbonyl (C=O) groups excluding carboxylic acids is 1. The number of pyridine rings is 1. The van der Waals surface area contributed by atoms with E-state index in [0.29, 0.717) is 30.3 Å². The Hall–Kier alpha value is -1.42. The second-order valence-electron chi connectivity index (χ2n) is 4.66. The Morgan fingerprint density at radius 2 is 2.44 bits per heavy atom. The zero-order valence-corrected chi connectivity index (χ0v) is 10.8. The molecule has 1 aromatic rings. The van der Waals surface area contributed by atoms with Gasteiger partial charge in [0.15, 0.2) is 5.78 Å². The van der Waals surface area contributed by atoms with Crippen LogP contribution in [0.4, 0.5) is 0 Å². The Labute approximate surface area is 108 Å². The molecule has 1 aromatic heterocycles. The molecule has 18 heavy (non-hydrogen) atoms. The maximum atomic E-state index is 12.0. The largest absolute Gasteiger partial charge is 0.492 e. The van der Waals surface area contributed by atoms with Gasteiger partial charge in [0.1, 0.15) is 5.75 Å². The lowest BCUT2D eigenvalue weighted by molar-refractivity contribution is 0.0974. The number of Topliss-reactive ketones (excluding diaryl/α,β-unsaturated/α-hetero) is 1. The molecule has 0 amide bonds. The number of nitrogens with one attached hydrogen (secondary N) is 1. The van der Waals surface area contributed by atoms with Crippen molar-refractivity contribution in [2.24, 2.45) is 5.92 Å². The summed E-state index contributed by atoms with van der Waals surface area (Å²) in [4.78, 5) is 16.1. The smallest absolute Gasteiger partial charge is 0.164 e.